The van der Waals surface area contributed by atoms with Crippen molar-refractivity contribution >= 4 is 40.3 Å². The normalized spacial score (nSPS) is 18.2. The Kier molecular flexibility index (Phi) is 5.31. The van der Waals surface area contributed by atoms with Crippen LogP contribution in [0.15, 0.2) is 24.3 Å². The zero-order chi connectivity index (χ0) is 16.3. The molecule has 120 valence electrons. The minimum atomic E-state index is -0.515. The summed E-state index contributed by atoms with van der Waals surface area (Å²) in [6.07, 6.45) is 0.312. The molecule has 5 nitrogen and oxygen atoms in total. The number of rotatable bonds is 2. The number of nitrogens with zero attached hydrogens (tertiary/aromatic N) is 1. The van der Waals surface area contributed by atoms with Crippen LogP contribution < -0.4 is 5.32 Å². The second-order valence-electron chi connectivity index (χ2n) is 6.41. The highest BCUT2D eigenvalue weighted by Crippen LogP contribution is 2.21. The predicted molar refractivity (Wildman–Crippen MR) is 93.7 cm³/mol. The molecule has 0 aromatic heterocycles. The van der Waals surface area contributed by atoms with Crippen LogP contribution in [0.2, 0.25) is 0 Å². The largest absolute Gasteiger partial charge is 0.444 e. The Bertz CT molecular complexity index is 552. The maximum Gasteiger partial charge on any atom is 0.410 e. The first kappa shape index (κ1) is 17.1. The van der Waals surface area contributed by atoms with Gasteiger partial charge in [0.2, 0.25) is 5.91 Å². The predicted octanol–water partition coefficient (Wildman–Crippen LogP) is 3.49. The van der Waals surface area contributed by atoms with Crippen LogP contribution in [0.1, 0.15) is 27.2 Å². The van der Waals surface area contributed by atoms with Crippen molar-refractivity contribution in [1.29, 1.82) is 0 Å². The molecule has 2 amide bonds. The van der Waals surface area contributed by atoms with Crippen molar-refractivity contribution in [3.63, 3.8) is 0 Å². The molecule has 22 heavy (non-hydrogen) atoms. The van der Waals surface area contributed by atoms with Crippen LogP contribution >= 0.6 is 22.6 Å². The van der Waals surface area contributed by atoms with E-state index in [0.29, 0.717) is 19.5 Å². The molecule has 1 aromatic carbocycles. The molecule has 1 N–H and O–H groups in total. The maximum absolute atomic E-state index is 12.3. The third kappa shape index (κ3) is 4.86. The summed E-state index contributed by atoms with van der Waals surface area (Å²) in [5.74, 6) is -0.237. The van der Waals surface area contributed by atoms with Gasteiger partial charge in [-0.3, -0.25) is 4.79 Å². The number of carbonyl (C=O) groups is 2. The van der Waals surface area contributed by atoms with E-state index in [0.717, 1.165) is 9.26 Å². The molecular weight excluding hydrogens is 395 g/mol. The van der Waals surface area contributed by atoms with E-state index in [-0.39, 0.29) is 17.9 Å². The summed E-state index contributed by atoms with van der Waals surface area (Å²) in [6, 6.07) is 7.64. The first-order chi connectivity index (χ1) is 10.2. The maximum atomic E-state index is 12.3. The average Bonchev–Trinajstić information content (AvgIpc) is 2.89. The summed E-state index contributed by atoms with van der Waals surface area (Å²) in [6.45, 7) is 6.47. The monoisotopic (exact) mass is 416 g/mol. The topological polar surface area (TPSA) is 58.6 Å². The van der Waals surface area contributed by atoms with Gasteiger partial charge in [-0.25, -0.2) is 4.79 Å². The Morgan fingerprint density at radius 2 is 1.91 bits per heavy atom. The molecule has 0 unspecified atom stereocenters. The Labute approximate surface area is 144 Å². The molecule has 0 bridgehead atoms. The van der Waals surface area contributed by atoms with E-state index in [1.54, 1.807) is 4.90 Å². The standard InChI is InChI=1S/C16H21IN2O3/c1-16(2,3)22-15(21)19-9-8-11(10-19)14(20)18-13-6-4-12(17)5-7-13/h4-7,11H,8-10H2,1-3H3,(H,18,20)/t11-/m1/s1. The third-order valence-electron chi connectivity index (χ3n) is 3.32. The van der Waals surface area contributed by atoms with Crippen LogP contribution in [0, 0.1) is 9.49 Å². The summed E-state index contributed by atoms with van der Waals surface area (Å²) in [5.41, 5.74) is 0.264. The molecule has 0 saturated carbocycles. The molecule has 0 spiro atoms. The lowest BCUT2D eigenvalue weighted by atomic mass is 10.1. The molecule has 1 fully saturated rings. The first-order valence-corrected chi connectivity index (χ1v) is 8.37. The van der Waals surface area contributed by atoms with E-state index in [1.165, 1.54) is 0 Å². The highest BCUT2D eigenvalue weighted by atomic mass is 127. The Balaban J connectivity index is 1.88. The van der Waals surface area contributed by atoms with Gasteiger partial charge in [-0.05, 0) is 74.0 Å². The van der Waals surface area contributed by atoms with Gasteiger partial charge in [0, 0.05) is 22.3 Å². The fourth-order valence-electron chi connectivity index (χ4n) is 2.24. The lowest BCUT2D eigenvalue weighted by molar-refractivity contribution is -0.119. The van der Waals surface area contributed by atoms with Crippen molar-refractivity contribution in [3.8, 4) is 0 Å². The Hall–Kier alpha value is -1.31. The van der Waals surface area contributed by atoms with Gasteiger partial charge in [0.05, 0.1) is 5.92 Å². The summed E-state index contributed by atoms with van der Waals surface area (Å²) in [4.78, 5) is 25.9. The minimum absolute atomic E-state index is 0.0488. The van der Waals surface area contributed by atoms with Crippen LogP contribution in [0.5, 0.6) is 0 Å². The molecule has 1 aliphatic rings. The zero-order valence-electron chi connectivity index (χ0n) is 13.1. The van der Waals surface area contributed by atoms with E-state index in [4.69, 9.17) is 4.74 Å². The van der Waals surface area contributed by atoms with Gasteiger partial charge in [0.25, 0.3) is 0 Å². The fraction of sp³-hybridized carbons (Fsp3) is 0.500. The summed E-state index contributed by atoms with van der Waals surface area (Å²) < 4.78 is 6.45. The van der Waals surface area contributed by atoms with Crippen molar-refractivity contribution in [2.45, 2.75) is 32.8 Å². The van der Waals surface area contributed by atoms with Crippen LogP contribution in [0.4, 0.5) is 10.5 Å². The van der Waals surface area contributed by atoms with Gasteiger partial charge in [0.15, 0.2) is 0 Å². The summed E-state index contributed by atoms with van der Waals surface area (Å²) >= 11 is 2.22. The van der Waals surface area contributed by atoms with Gasteiger partial charge in [0.1, 0.15) is 5.60 Å². The smallest absolute Gasteiger partial charge is 0.410 e. The molecule has 0 radical (unpaired) electrons. The zero-order valence-corrected chi connectivity index (χ0v) is 15.2. The first-order valence-electron chi connectivity index (χ1n) is 7.29. The lowest BCUT2D eigenvalue weighted by Crippen LogP contribution is -2.36. The number of halogens is 1. The summed E-state index contributed by atoms with van der Waals surface area (Å²) in [7, 11) is 0. The number of hydrogen-bond donors (Lipinski definition) is 1. The molecule has 1 aliphatic heterocycles. The number of nitrogens with one attached hydrogen (secondary N) is 1. The van der Waals surface area contributed by atoms with Gasteiger partial charge < -0.3 is 15.0 Å². The van der Waals surface area contributed by atoms with Crippen LogP contribution in [-0.2, 0) is 9.53 Å². The highest BCUT2D eigenvalue weighted by Gasteiger charge is 2.33. The van der Waals surface area contributed by atoms with E-state index < -0.39 is 5.60 Å². The molecule has 6 heteroatoms. The fourth-order valence-corrected chi connectivity index (χ4v) is 2.60. The minimum Gasteiger partial charge on any atom is -0.444 e. The molecule has 2 rings (SSSR count). The average molecular weight is 416 g/mol. The van der Waals surface area contributed by atoms with Crippen molar-refractivity contribution in [2.24, 2.45) is 5.92 Å². The van der Waals surface area contributed by atoms with Crippen molar-refractivity contribution in [2.75, 3.05) is 18.4 Å². The lowest BCUT2D eigenvalue weighted by Gasteiger charge is -2.24. The SMILES string of the molecule is CC(C)(C)OC(=O)N1CC[C@@H](C(=O)Nc2ccc(I)cc2)C1. The molecular formula is C16H21IN2O3. The number of carbonyl (C=O) groups excluding carboxylic acids is 2. The highest BCUT2D eigenvalue weighted by molar-refractivity contribution is 14.1. The number of amides is 2. The Morgan fingerprint density at radius 1 is 1.27 bits per heavy atom. The second kappa shape index (κ2) is 6.85. The van der Waals surface area contributed by atoms with E-state index >= 15 is 0 Å². The molecule has 1 heterocycles. The number of hydrogen-bond acceptors (Lipinski definition) is 3. The molecule has 0 aliphatic carbocycles. The van der Waals surface area contributed by atoms with E-state index in [9.17, 15) is 9.59 Å². The molecule has 1 aromatic rings. The summed E-state index contributed by atoms with van der Waals surface area (Å²) in [5, 5.41) is 2.90. The third-order valence-corrected chi connectivity index (χ3v) is 4.04. The van der Waals surface area contributed by atoms with E-state index in [1.807, 2.05) is 45.0 Å². The van der Waals surface area contributed by atoms with E-state index in [2.05, 4.69) is 27.9 Å². The number of likely N-dealkylation sites (tertiary alicyclic amines) is 1. The molecule has 1 saturated heterocycles. The van der Waals surface area contributed by atoms with Gasteiger partial charge >= 0.3 is 6.09 Å². The quantitative estimate of drug-likeness (QED) is 0.752. The van der Waals surface area contributed by atoms with Crippen LogP contribution in [-0.4, -0.2) is 35.6 Å². The number of anilines is 1. The van der Waals surface area contributed by atoms with Crippen LogP contribution in [0.25, 0.3) is 0 Å². The van der Waals surface area contributed by atoms with Crippen molar-refractivity contribution in [3.05, 3.63) is 27.8 Å². The van der Waals surface area contributed by atoms with Crippen LogP contribution in [0.3, 0.4) is 0 Å². The van der Waals surface area contributed by atoms with Crippen molar-refractivity contribution < 1.29 is 14.3 Å². The van der Waals surface area contributed by atoms with Crippen molar-refractivity contribution in [1.82, 2.24) is 4.90 Å². The Morgan fingerprint density at radius 3 is 2.50 bits per heavy atom. The van der Waals surface area contributed by atoms with Gasteiger partial charge in [-0.15, -0.1) is 0 Å². The number of benzene rings is 1. The second-order valence-corrected chi connectivity index (χ2v) is 7.65. The van der Waals surface area contributed by atoms with Gasteiger partial charge in [-0.2, -0.15) is 0 Å². The number of ether oxygens (including phenoxy) is 1. The van der Waals surface area contributed by atoms with Gasteiger partial charge in [-0.1, -0.05) is 0 Å². The molecule has 1 atom stereocenters.